The smallest absolute Gasteiger partial charge is 0.321 e. The van der Waals surface area contributed by atoms with E-state index < -0.39 is 23.8 Å². The number of nitrogens with zero attached hydrogens (tertiary/aromatic N) is 3. The third kappa shape index (κ3) is 3.80. The van der Waals surface area contributed by atoms with Crippen LogP contribution in [0.2, 0.25) is 0 Å². The lowest BCUT2D eigenvalue weighted by molar-refractivity contribution is -0.153. The first-order valence-electron chi connectivity index (χ1n) is 9.75. The van der Waals surface area contributed by atoms with Gasteiger partial charge in [0.15, 0.2) is 11.7 Å². The minimum Gasteiger partial charge on any atom is -0.467 e. The first-order valence-corrected chi connectivity index (χ1v) is 9.75. The number of amides is 2. The van der Waals surface area contributed by atoms with Crippen LogP contribution >= 0.6 is 0 Å². The predicted octanol–water partition coefficient (Wildman–Crippen LogP) is 1.04. The molecule has 2 atom stereocenters. The molecule has 0 aliphatic carbocycles. The van der Waals surface area contributed by atoms with Crippen LogP contribution in [0.1, 0.15) is 29.3 Å². The number of carbonyl (C=O) groups excluding carboxylic acids is 3. The minimum absolute atomic E-state index is 0.162. The average molecular weight is 414 g/mol. The Morgan fingerprint density at radius 3 is 2.53 bits per heavy atom. The molecule has 0 bridgehead atoms. The van der Waals surface area contributed by atoms with Crippen LogP contribution in [-0.4, -0.2) is 66.3 Å². The molecule has 2 aromatic heterocycles. The molecule has 1 fully saturated rings. The number of carbonyl (C=O) groups is 3. The molecule has 10 heteroatoms. The number of guanidine groups is 1. The van der Waals surface area contributed by atoms with Gasteiger partial charge in [-0.3, -0.25) is 19.7 Å². The maximum atomic E-state index is 12.8. The van der Waals surface area contributed by atoms with Crippen LogP contribution in [-0.2, 0) is 14.3 Å². The van der Waals surface area contributed by atoms with Crippen molar-refractivity contribution in [3.63, 3.8) is 0 Å². The topological polar surface area (TPSA) is 118 Å². The van der Waals surface area contributed by atoms with Crippen LogP contribution in [0.3, 0.4) is 0 Å². The molecular weight excluding hydrogens is 392 g/mol. The van der Waals surface area contributed by atoms with E-state index in [0.29, 0.717) is 43.7 Å². The van der Waals surface area contributed by atoms with E-state index in [2.05, 4.69) is 10.3 Å². The zero-order valence-corrected chi connectivity index (χ0v) is 16.4. The first-order chi connectivity index (χ1) is 14.6. The number of hydrogen-bond donors (Lipinski definition) is 1. The second-order valence-electron chi connectivity index (χ2n) is 6.89. The number of ether oxygens (including phenoxy) is 1. The van der Waals surface area contributed by atoms with E-state index in [1.54, 1.807) is 36.1 Å². The summed E-state index contributed by atoms with van der Waals surface area (Å²) < 4.78 is 15.7. The van der Waals surface area contributed by atoms with Crippen LogP contribution in [0, 0.1) is 5.92 Å². The van der Waals surface area contributed by atoms with E-state index in [4.69, 9.17) is 13.6 Å². The van der Waals surface area contributed by atoms with E-state index in [-0.39, 0.29) is 12.5 Å². The Kier molecular flexibility index (Phi) is 5.55. The summed E-state index contributed by atoms with van der Waals surface area (Å²) in [6.45, 7) is 3.68. The molecule has 0 radical (unpaired) electrons. The third-order valence-electron chi connectivity index (χ3n) is 5.07. The molecule has 4 rings (SSSR count). The van der Waals surface area contributed by atoms with Gasteiger partial charge in [0.2, 0.25) is 11.9 Å². The molecule has 0 saturated carbocycles. The number of aliphatic imine (C=N–C) groups is 1. The van der Waals surface area contributed by atoms with Gasteiger partial charge in [0.25, 0.3) is 5.91 Å². The SMILES string of the molecule is CCOC(=O)C1C(=O)NC(N2CCN(C(=O)c3ccco3)CC2)=NC1c1ccco1. The fourth-order valence-electron chi connectivity index (χ4n) is 3.56. The van der Waals surface area contributed by atoms with Gasteiger partial charge < -0.3 is 23.4 Å². The van der Waals surface area contributed by atoms with Crippen LogP contribution in [0.15, 0.2) is 50.6 Å². The summed E-state index contributed by atoms with van der Waals surface area (Å²) in [6, 6.07) is 5.84. The van der Waals surface area contributed by atoms with E-state index in [9.17, 15) is 14.4 Å². The lowest BCUT2D eigenvalue weighted by atomic mass is 9.95. The Balaban J connectivity index is 1.50. The fraction of sp³-hybridized carbons (Fsp3) is 0.400. The normalized spacial score (nSPS) is 21.8. The molecule has 2 aliphatic rings. The molecule has 4 heterocycles. The van der Waals surface area contributed by atoms with Crippen LogP contribution < -0.4 is 5.32 Å². The molecule has 0 spiro atoms. The van der Waals surface area contributed by atoms with Gasteiger partial charge in [-0.1, -0.05) is 0 Å². The van der Waals surface area contributed by atoms with Gasteiger partial charge in [0.05, 0.1) is 19.1 Å². The van der Waals surface area contributed by atoms with Crippen molar-refractivity contribution in [2.24, 2.45) is 10.9 Å². The predicted molar refractivity (Wildman–Crippen MR) is 103 cm³/mol. The molecular formula is C20H22N4O6. The fourth-order valence-corrected chi connectivity index (χ4v) is 3.56. The molecule has 158 valence electrons. The summed E-state index contributed by atoms with van der Waals surface area (Å²) in [5.41, 5.74) is 0. The second kappa shape index (κ2) is 8.44. The van der Waals surface area contributed by atoms with Crippen molar-refractivity contribution in [2.75, 3.05) is 32.8 Å². The van der Waals surface area contributed by atoms with Crippen LogP contribution in [0.5, 0.6) is 0 Å². The molecule has 0 aromatic carbocycles. The Labute approximate surface area is 172 Å². The van der Waals surface area contributed by atoms with Gasteiger partial charge >= 0.3 is 5.97 Å². The average Bonchev–Trinajstić information content (AvgIpc) is 3.47. The third-order valence-corrected chi connectivity index (χ3v) is 5.07. The number of piperazine rings is 1. The Morgan fingerprint density at radius 2 is 1.90 bits per heavy atom. The first kappa shape index (κ1) is 19.7. The maximum Gasteiger partial charge on any atom is 0.321 e. The summed E-state index contributed by atoms with van der Waals surface area (Å²) in [6.07, 6.45) is 2.93. The van der Waals surface area contributed by atoms with E-state index in [1.807, 2.05) is 4.90 Å². The van der Waals surface area contributed by atoms with E-state index in [0.717, 1.165) is 0 Å². The number of nitrogens with one attached hydrogen (secondary N) is 1. The molecule has 1 N–H and O–H groups in total. The van der Waals surface area contributed by atoms with Crippen molar-refractivity contribution in [3.05, 3.63) is 48.3 Å². The van der Waals surface area contributed by atoms with Crippen molar-refractivity contribution in [3.8, 4) is 0 Å². The van der Waals surface area contributed by atoms with Crippen molar-refractivity contribution < 1.29 is 28.0 Å². The number of esters is 1. The summed E-state index contributed by atoms with van der Waals surface area (Å²) in [5.74, 6) is -1.38. The van der Waals surface area contributed by atoms with E-state index in [1.165, 1.54) is 12.5 Å². The molecule has 2 aliphatic heterocycles. The largest absolute Gasteiger partial charge is 0.467 e. The van der Waals surface area contributed by atoms with Gasteiger partial charge in [0.1, 0.15) is 11.8 Å². The number of furan rings is 2. The molecule has 2 aromatic rings. The maximum absolute atomic E-state index is 12.8. The monoisotopic (exact) mass is 414 g/mol. The minimum atomic E-state index is -1.12. The summed E-state index contributed by atoms with van der Waals surface area (Å²) in [4.78, 5) is 45.7. The Hall–Kier alpha value is -3.56. The van der Waals surface area contributed by atoms with Crippen molar-refractivity contribution >= 4 is 23.7 Å². The van der Waals surface area contributed by atoms with Crippen molar-refractivity contribution in [1.29, 1.82) is 0 Å². The van der Waals surface area contributed by atoms with Gasteiger partial charge in [-0.25, -0.2) is 4.99 Å². The zero-order chi connectivity index (χ0) is 21.1. The van der Waals surface area contributed by atoms with Crippen molar-refractivity contribution in [2.45, 2.75) is 13.0 Å². The zero-order valence-electron chi connectivity index (χ0n) is 16.4. The summed E-state index contributed by atoms with van der Waals surface area (Å²) in [7, 11) is 0. The second-order valence-corrected chi connectivity index (χ2v) is 6.89. The van der Waals surface area contributed by atoms with Crippen LogP contribution in [0.4, 0.5) is 0 Å². The highest BCUT2D eigenvalue weighted by Gasteiger charge is 2.43. The highest BCUT2D eigenvalue weighted by atomic mass is 16.5. The quantitative estimate of drug-likeness (QED) is 0.587. The molecule has 30 heavy (non-hydrogen) atoms. The number of rotatable bonds is 4. The van der Waals surface area contributed by atoms with Gasteiger partial charge in [0, 0.05) is 26.2 Å². The summed E-state index contributed by atoms with van der Waals surface area (Å²) >= 11 is 0. The molecule has 1 saturated heterocycles. The Bertz CT molecular complexity index is 929. The lowest BCUT2D eigenvalue weighted by Crippen LogP contribution is -2.58. The molecule has 2 amide bonds. The van der Waals surface area contributed by atoms with Gasteiger partial charge in [-0.05, 0) is 31.2 Å². The van der Waals surface area contributed by atoms with Gasteiger partial charge in [-0.2, -0.15) is 0 Å². The van der Waals surface area contributed by atoms with E-state index >= 15 is 0 Å². The molecule has 2 unspecified atom stereocenters. The lowest BCUT2D eigenvalue weighted by Gasteiger charge is -2.38. The van der Waals surface area contributed by atoms with Crippen LogP contribution in [0.25, 0.3) is 0 Å². The van der Waals surface area contributed by atoms with Gasteiger partial charge in [-0.15, -0.1) is 0 Å². The number of hydrogen-bond acceptors (Lipinski definition) is 8. The molecule has 10 nitrogen and oxygen atoms in total. The van der Waals surface area contributed by atoms with Crippen molar-refractivity contribution in [1.82, 2.24) is 15.1 Å². The highest BCUT2D eigenvalue weighted by Crippen LogP contribution is 2.31. The Morgan fingerprint density at radius 1 is 1.17 bits per heavy atom. The standard InChI is InChI=1S/C20H22N4O6/c1-2-28-19(27)15-16(13-5-3-11-29-13)21-20(22-17(15)25)24-9-7-23(8-10-24)18(26)14-6-4-12-30-14/h3-6,11-12,15-16H,2,7-10H2,1H3,(H,21,22,25). The summed E-state index contributed by atoms with van der Waals surface area (Å²) in [5, 5.41) is 2.71. The highest BCUT2D eigenvalue weighted by molar-refractivity contribution is 6.08.